The molecule has 4 heterocycles. The zero-order valence-corrected chi connectivity index (χ0v) is 21.7. The van der Waals surface area contributed by atoms with E-state index in [2.05, 4.69) is 25.2 Å². The number of carboxylic acids is 2. The molecule has 4 N–H and O–H groups in total. The number of tetrazole rings is 1. The Balaban J connectivity index is 1.48. The molecule has 4 rings (SSSR count). The second-order valence-corrected chi connectivity index (χ2v) is 11.3. The third-order valence-electron chi connectivity index (χ3n) is 5.13. The summed E-state index contributed by atoms with van der Waals surface area (Å²) in [6.45, 7) is 0. The number of aromatic carboxylic acids is 1. The van der Waals surface area contributed by atoms with Crippen LogP contribution in [-0.2, 0) is 26.2 Å². The number of nitrogens with one attached hydrogen (secondary N) is 2. The molecule has 2 aliphatic heterocycles. The number of hydrogen-bond acceptors (Lipinski definition) is 13. The van der Waals surface area contributed by atoms with Crippen LogP contribution in [0.25, 0.3) is 0 Å². The zero-order valence-electron chi connectivity index (χ0n) is 18.4. The molecule has 1 fully saturated rings. The van der Waals surface area contributed by atoms with E-state index in [1.54, 1.807) is 7.05 Å². The van der Waals surface area contributed by atoms with Crippen LogP contribution in [0, 0.1) is 0 Å². The van der Waals surface area contributed by atoms with E-state index in [0.29, 0.717) is 10.7 Å². The van der Waals surface area contributed by atoms with Crippen LogP contribution in [0.2, 0.25) is 0 Å². The van der Waals surface area contributed by atoms with Crippen molar-refractivity contribution in [1.29, 1.82) is 0 Å². The maximum atomic E-state index is 13.2. The quantitative estimate of drug-likeness (QED) is 0.156. The van der Waals surface area contributed by atoms with E-state index in [4.69, 9.17) is 9.84 Å². The fraction of sp³-hybridized carbons (Fsp3) is 0.412. The Bertz CT molecular complexity index is 1340. The average molecular weight is 576 g/mol. The Morgan fingerprint density at radius 1 is 1.28 bits per heavy atom. The van der Waals surface area contributed by atoms with Gasteiger partial charge >= 0.3 is 11.9 Å². The van der Waals surface area contributed by atoms with Crippen molar-refractivity contribution in [3.63, 3.8) is 0 Å². The predicted octanol–water partition coefficient (Wildman–Crippen LogP) is -0.745. The summed E-state index contributed by atoms with van der Waals surface area (Å²) in [5, 5.41) is 32.3. The molecular formula is C17H17N7O8S4. The number of carbonyl (C=O) groups excluding carboxylic acids is 2. The van der Waals surface area contributed by atoms with E-state index >= 15 is 0 Å². The summed E-state index contributed by atoms with van der Waals surface area (Å²) in [6, 6.07) is 0. The summed E-state index contributed by atoms with van der Waals surface area (Å²) in [5.74, 6) is -3.95. The number of ether oxygens (including phenoxy) is 1. The molecule has 2 unspecified atom stereocenters. The Labute approximate surface area is 218 Å². The van der Waals surface area contributed by atoms with Gasteiger partial charge in [-0.1, -0.05) is 23.3 Å². The van der Waals surface area contributed by atoms with Crippen molar-refractivity contribution in [2.75, 3.05) is 24.4 Å². The molecule has 0 radical (unpaired) electrons. The Morgan fingerprint density at radius 2 is 2.03 bits per heavy atom. The molecule has 36 heavy (non-hydrogen) atoms. The molecule has 0 saturated carbocycles. The van der Waals surface area contributed by atoms with Gasteiger partial charge in [-0.3, -0.25) is 23.7 Å². The van der Waals surface area contributed by atoms with Gasteiger partial charge in [0.25, 0.3) is 17.2 Å². The first-order valence-electron chi connectivity index (χ1n) is 9.80. The molecule has 19 heteroatoms. The molecule has 2 aromatic heterocycles. The van der Waals surface area contributed by atoms with Gasteiger partial charge in [-0.2, -0.15) is 0 Å². The first-order chi connectivity index (χ1) is 17.1. The van der Waals surface area contributed by atoms with Crippen LogP contribution in [0.5, 0.6) is 0 Å². The van der Waals surface area contributed by atoms with Crippen molar-refractivity contribution in [2.24, 2.45) is 7.05 Å². The molecule has 2 aromatic rings. The van der Waals surface area contributed by atoms with Gasteiger partial charge in [-0.25, -0.2) is 14.3 Å². The van der Waals surface area contributed by atoms with E-state index in [-0.39, 0.29) is 27.2 Å². The Morgan fingerprint density at radius 3 is 2.64 bits per heavy atom. The second-order valence-electron chi connectivity index (χ2n) is 7.25. The highest BCUT2D eigenvalue weighted by molar-refractivity contribution is 8.01. The summed E-state index contributed by atoms with van der Waals surface area (Å²) < 4.78 is 9.24. The first kappa shape index (κ1) is 26.2. The molecule has 2 amide bonds. The minimum absolute atomic E-state index is 0.110. The maximum Gasteiger partial charge on any atom is 0.352 e. The number of fused-ring (bicyclic) bond motifs is 1. The van der Waals surface area contributed by atoms with Gasteiger partial charge in [0.15, 0.2) is 5.56 Å². The average Bonchev–Trinajstić information content (AvgIpc) is 3.43. The van der Waals surface area contributed by atoms with E-state index in [9.17, 15) is 29.1 Å². The number of aliphatic carboxylic acids is 1. The van der Waals surface area contributed by atoms with Gasteiger partial charge in [0.05, 0.1) is 9.96 Å². The number of hydrogen-bond donors (Lipinski definition) is 4. The fourth-order valence-electron chi connectivity index (χ4n) is 3.50. The lowest BCUT2D eigenvalue weighted by atomic mass is 9.98. The molecule has 0 aliphatic carbocycles. The number of β-lactam (4-membered cyclic amide) rings is 1. The van der Waals surface area contributed by atoms with Crippen molar-refractivity contribution in [3.05, 3.63) is 27.2 Å². The monoisotopic (exact) mass is 575 g/mol. The van der Waals surface area contributed by atoms with Crippen molar-refractivity contribution >= 4 is 70.6 Å². The number of amides is 2. The van der Waals surface area contributed by atoms with Crippen LogP contribution in [0.3, 0.4) is 0 Å². The highest BCUT2D eigenvalue weighted by Crippen LogP contribution is 2.47. The van der Waals surface area contributed by atoms with Crippen LogP contribution in [0.1, 0.15) is 10.4 Å². The number of carboxylic acid groups (broad SMARTS) is 2. The SMILES string of the molecule is COC1(NC(=O)CSc2s[nH]c(=O)c2C(=O)O)C(=O)N2C(C(=O)O)=C(CSc3nnnn3C)CSC21. The molecule has 0 aromatic carbocycles. The summed E-state index contributed by atoms with van der Waals surface area (Å²) >= 11 is 4.05. The lowest BCUT2D eigenvalue weighted by Gasteiger charge is -2.55. The van der Waals surface area contributed by atoms with Gasteiger partial charge in [0.2, 0.25) is 11.1 Å². The minimum Gasteiger partial charge on any atom is -0.477 e. The van der Waals surface area contributed by atoms with Gasteiger partial charge in [-0.05, 0) is 16.0 Å². The third-order valence-corrected chi connectivity index (χ3v) is 9.76. The summed E-state index contributed by atoms with van der Waals surface area (Å²) in [5.41, 5.74) is -2.74. The van der Waals surface area contributed by atoms with Crippen molar-refractivity contribution in [3.8, 4) is 0 Å². The molecule has 2 aliphatic rings. The van der Waals surface area contributed by atoms with Crippen LogP contribution in [-0.4, -0.2) is 98.9 Å². The first-order valence-corrected chi connectivity index (χ1v) is 13.6. The largest absolute Gasteiger partial charge is 0.477 e. The van der Waals surface area contributed by atoms with Crippen molar-refractivity contribution < 1.29 is 34.1 Å². The number of aromatic amines is 1. The lowest BCUT2D eigenvalue weighted by Crippen LogP contribution is -2.80. The highest BCUT2D eigenvalue weighted by Gasteiger charge is 2.66. The summed E-state index contributed by atoms with van der Waals surface area (Å²) in [4.78, 5) is 61.9. The predicted molar refractivity (Wildman–Crippen MR) is 128 cm³/mol. The highest BCUT2D eigenvalue weighted by atomic mass is 32.2. The van der Waals surface area contributed by atoms with Gasteiger partial charge in [0.1, 0.15) is 11.1 Å². The third kappa shape index (κ3) is 4.51. The molecular weight excluding hydrogens is 558 g/mol. The van der Waals surface area contributed by atoms with Crippen molar-refractivity contribution in [2.45, 2.75) is 20.5 Å². The van der Waals surface area contributed by atoms with Crippen LogP contribution in [0.15, 0.2) is 25.4 Å². The Kier molecular flexibility index (Phi) is 7.46. The van der Waals surface area contributed by atoms with E-state index < -0.39 is 46.0 Å². The van der Waals surface area contributed by atoms with Gasteiger partial charge in [0, 0.05) is 25.7 Å². The number of aromatic nitrogens is 5. The Hall–Kier alpha value is -2.87. The number of aryl methyl sites for hydroxylation is 1. The zero-order chi connectivity index (χ0) is 26.2. The number of carbonyl (C=O) groups is 4. The number of nitrogens with zero attached hydrogens (tertiary/aromatic N) is 5. The van der Waals surface area contributed by atoms with Crippen LogP contribution >= 0.6 is 46.8 Å². The molecule has 1 saturated heterocycles. The molecule has 192 valence electrons. The molecule has 0 bridgehead atoms. The van der Waals surface area contributed by atoms with E-state index in [1.165, 1.54) is 35.3 Å². The molecule has 0 spiro atoms. The second kappa shape index (κ2) is 10.2. The standard InChI is InChI=1S/C17H17N7O8S4/c1-23-16(19-21-22-23)35-4-6-3-34-15-17(32-2,14(31)24(15)9(6)12(29)30)18-7(25)5-33-13-8(11(27)28)10(26)20-36-13/h15H,3-5H2,1-2H3,(H,18,25)(H,20,26)(H,27,28)(H,29,30). The van der Waals surface area contributed by atoms with Crippen LogP contribution < -0.4 is 10.9 Å². The normalized spacial score (nSPS) is 21.2. The number of H-pyrrole nitrogens is 1. The molecule has 2 atom stereocenters. The topological polar surface area (TPSA) is 210 Å². The fourth-order valence-corrected chi connectivity index (χ4v) is 7.69. The van der Waals surface area contributed by atoms with Crippen LogP contribution in [0.4, 0.5) is 0 Å². The van der Waals surface area contributed by atoms with E-state index in [1.807, 2.05) is 0 Å². The van der Waals surface area contributed by atoms with Gasteiger partial charge in [-0.15, -0.1) is 28.6 Å². The summed E-state index contributed by atoms with van der Waals surface area (Å²) in [6.07, 6.45) is 0. The van der Waals surface area contributed by atoms with E-state index in [0.717, 1.165) is 28.2 Å². The minimum atomic E-state index is -1.80. The van der Waals surface area contributed by atoms with Crippen molar-refractivity contribution in [1.82, 2.24) is 34.8 Å². The smallest absolute Gasteiger partial charge is 0.352 e. The van der Waals surface area contributed by atoms with Gasteiger partial charge < -0.3 is 20.3 Å². The maximum absolute atomic E-state index is 13.2. The summed E-state index contributed by atoms with van der Waals surface area (Å²) in [7, 11) is 2.87. The molecule has 15 nitrogen and oxygen atoms in total. The number of rotatable bonds is 10. The number of thioether (sulfide) groups is 3. The number of methoxy groups -OCH3 is 1. The lowest BCUT2D eigenvalue weighted by molar-refractivity contribution is -0.192.